The Hall–Kier alpha value is -0.396. The molecule has 0 aromatic heterocycles. The Bertz CT molecular complexity index is 104. The molecule has 0 unspecified atom stereocenters. The van der Waals surface area contributed by atoms with E-state index in [-0.39, 0.29) is 16.0 Å². The maximum atomic E-state index is 10.3. The van der Waals surface area contributed by atoms with Gasteiger partial charge in [0.05, 0.1) is 0 Å². The molecule has 0 amide bonds. The maximum Gasteiger partial charge on any atom is 0.329 e. The Morgan fingerprint density at radius 1 is 1.89 bits per heavy atom. The van der Waals surface area contributed by atoms with Crippen LogP contribution in [0.15, 0.2) is 12.7 Å². The lowest BCUT2D eigenvalue weighted by atomic mass is 10.7. The van der Waals surface area contributed by atoms with Crippen molar-refractivity contribution in [3.8, 4) is 0 Å². The van der Waals surface area contributed by atoms with Gasteiger partial charge in [-0.25, -0.2) is 4.79 Å². The van der Waals surface area contributed by atoms with Gasteiger partial charge in [-0.05, 0) is 0 Å². The third-order valence-corrected chi connectivity index (χ3v) is 1.35. The fraction of sp³-hybridized carbons (Fsp3) is 0.250. The molecule has 0 spiro atoms. The Labute approximate surface area is 59.5 Å². The predicted molar refractivity (Wildman–Crippen MR) is 33.7 cm³/mol. The molecule has 0 aromatic rings. The molecule has 0 saturated heterocycles. The molecule has 9 heavy (non-hydrogen) atoms. The molecule has 0 fully saturated rings. The summed E-state index contributed by atoms with van der Waals surface area (Å²) in [6.07, 6.45) is 1.38. The van der Waals surface area contributed by atoms with Crippen LogP contribution in [0.5, 0.6) is 0 Å². The van der Waals surface area contributed by atoms with Gasteiger partial charge in [0.25, 0.3) is 9.76 Å². The zero-order chi connectivity index (χ0) is 7.11. The van der Waals surface area contributed by atoms with E-state index in [9.17, 15) is 4.79 Å². The van der Waals surface area contributed by atoms with Crippen molar-refractivity contribution in [1.29, 1.82) is 0 Å². The highest BCUT2D eigenvalue weighted by Crippen LogP contribution is 1.76. The minimum Gasteiger partial charge on any atom is -0.464 e. The van der Waals surface area contributed by atoms with Gasteiger partial charge in [-0.15, -0.1) is 0 Å². The summed E-state index contributed by atoms with van der Waals surface area (Å²) < 4.78 is 8.99. The minimum absolute atomic E-state index is 0.133. The Kier molecular flexibility index (Phi) is 5.48. The molecule has 0 N–H and O–H groups in total. The summed E-state index contributed by atoms with van der Waals surface area (Å²) in [5.74, 6) is -0.425. The van der Waals surface area contributed by atoms with E-state index in [2.05, 4.69) is 25.9 Å². The Morgan fingerprint density at radius 2 is 2.56 bits per heavy atom. The second kappa shape index (κ2) is 5.74. The van der Waals surface area contributed by atoms with Gasteiger partial charge in [0.1, 0.15) is 6.23 Å². The van der Waals surface area contributed by atoms with Crippen LogP contribution in [-0.2, 0) is 13.6 Å². The van der Waals surface area contributed by atoms with Crippen molar-refractivity contribution < 1.29 is 13.6 Å². The third-order valence-electron chi connectivity index (χ3n) is 0.512. The first-order valence-electron chi connectivity index (χ1n) is 2.16. The lowest BCUT2D eigenvalue weighted by Gasteiger charge is -1.96. The number of carbonyl (C=O) groups is 1. The zero-order valence-electron chi connectivity index (χ0n) is 4.72. The Morgan fingerprint density at radius 3 is 3.00 bits per heavy atom. The van der Waals surface area contributed by atoms with E-state index in [1.807, 2.05) is 0 Å². The number of esters is 1. The number of ether oxygens (including phenoxy) is 1. The van der Waals surface area contributed by atoms with Crippen molar-refractivity contribution in [3.05, 3.63) is 12.7 Å². The molecule has 5 radical (unpaired) electrons. The Balaban J connectivity index is 3.07. The van der Waals surface area contributed by atoms with Crippen LogP contribution in [0, 0.1) is 0 Å². The average Bonchev–Trinajstić information content (AvgIpc) is 1.89. The standard InChI is InChI=1S/C4H5O3Si2/c1-2-4(5)6-3-9-7-8/h2H,1,3H2. The van der Waals surface area contributed by atoms with Crippen LogP contribution in [0.3, 0.4) is 0 Å². The molecule has 47 valence electrons. The highest BCUT2D eigenvalue weighted by atomic mass is 28.3. The molecule has 0 saturated carbocycles. The topological polar surface area (TPSA) is 35.5 Å². The fourth-order valence-corrected chi connectivity index (χ4v) is 0.626. The average molecular weight is 157 g/mol. The van der Waals surface area contributed by atoms with E-state index in [0.717, 1.165) is 6.08 Å². The van der Waals surface area contributed by atoms with Gasteiger partial charge in [0, 0.05) is 6.08 Å². The molecule has 0 heterocycles. The molecule has 0 rings (SSSR count). The molecule has 3 nitrogen and oxygen atoms in total. The van der Waals surface area contributed by atoms with E-state index in [1.54, 1.807) is 0 Å². The van der Waals surface area contributed by atoms with Crippen LogP contribution in [-0.4, -0.2) is 32.4 Å². The zero-order valence-corrected chi connectivity index (χ0v) is 6.72. The van der Waals surface area contributed by atoms with Crippen LogP contribution in [0.4, 0.5) is 0 Å². The molecule has 0 bridgehead atoms. The maximum absolute atomic E-state index is 10.3. The van der Waals surface area contributed by atoms with Crippen LogP contribution in [0.25, 0.3) is 0 Å². The monoisotopic (exact) mass is 157 g/mol. The van der Waals surface area contributed by atoms with Gasteiger partial charge in [0.15, 0.2) is 0 Å². The number of carbonyl (C=O) groups excluding carboxylic acids is 1. The SMILES string of the molecule is C=CC(=O)OC[Si]O[Si]. The van der Waals surface area contributed by atoms with Gasteiger partial charge in [-0.1, -0.05) is 6.58 Å². The van der Waals surface area contributed by atoms with Crippen molar-refractivity contribution in [1.82, 2.24) is 0 Å². The lowest BCUT2D eigenvalue weighted by molar-refractivity contribution is -0.135. The van der Waals surface area contributed by atoms with E-state index in [0.29, 0.717) is 0 Å². The van der Waals surface area contributed by atoms with Gasteiger partial charge >= 0.3 is 5.97 Å². The molecular weight excluding hydrogens is 152 g/mol. The molecule has 5 heteroatoms. The minimum atomic E-state index is -0.425. The number of hydrogen-bond acceptors (Lipinski definition) is 3. The van der Waals surface area contributed by atoms with E-state index < -0.39 is 5.97 Å². The quantitative estimate of drug-likeness (QED) is 0.236. The summed E-state index contributed by atoms with van der Waals surface area (Å²) >= 11 is 0. The van der Waals surface area contributed by atoms with Gasteiger partial charge in [0.2, 0.25) is 10.5 Å². The molecule has 0 aliphatic rings. The van der Waals surface area contributed by atoms with E-state index >= 15 is 0 Å². The smallest absolute Gasteiger partial charge is 0.329 e. The molecule has 0 aliphatic carbocycles. The van der Waals surface area contributed by atoms with Crippen LogP contribution in [0.2, 0.25) is 0 Å². The summed E-state index contributed by atoms with van der Waals surface area (Å²) in [5.41, 5.74) is 0. The molecular formula is C4H5O3Si2. The number of hydrogen-bond donors (Lipinski definition) is 0. The van der Waals surface area contributed by atoms with Crippen molar-refractivity contribution in [2.24, 2.45) is 0 Å². The largest absolute Gasteiger partial charge is 0.464 e. The molecule has 0 aliphatic heterocycles. The molecule has 0 atom stereocenters. The van der Waals surface area contributed by atoms with Gasteiger partial charge < -0.3 is 8.85 Å². The van der Waals surface area contributed by atoms with Crippen LogP contribution >= 0.6 is 0 Å². The second-order valence-corrected chi connectivity index (χ2v) is 2.45. The van der Waals surface area contributed by atoms with E-state index in [1.165, 1.54) is 0 Å². The predicted octanol–water partition coefficient (Wildman–Crippen LogP) is -0.608. The van der Waals surface area contributed by atoms with E-state index in [4.69, 9.17) is 0 Å². The molecule has 0 aromatic carbocycles. The summed E-state index contributed by atoms with van der Waals surface area (Å²) in [6, 6.07) is 0. The number of rotatable bonds is 4. The highest BCUT2D eigenvalue weighted by Gasteiger charge is 1.93. The summed E-state index contributed by atoms with van der Waals surface area (Å²) in [5, 5.41) is 0. The highest BCUT2D eigenvalue weighted by molar-refractivity contribution is 6.34. The van der Waals surface area contributed by atoms with Crippen LogP contribution in [0.1, 0.15) is 0 Å². The van der Waals surface area contributed by atoms with Crippen molar-refractivity contribution >= 4 is 26.2 Å². The first-order valence-corrected chi connectivity index (χ1v) is 3.68. The van der Waals surface area contributed by atoms with Crippen molar-refractivity contribution in [3.63, 3.8) is 0 Å². The van der Waals surface area contributed by atoms with Crippen molar-refractivity contribution in [2.45, 2.75) is 0 Å². The summed E-state index contributed by atoms with van der Waals surface area (Å²) in [4.78, 5) is 10.3. The van der Waals surface area contributed by atoms with Gasteiger partial charge in [-0.2, -0.15) is 0 Å². The second-order valence-electron chi connectivity index (χ2n) is 1.06. The van der Waals surface area contributed by atoms with Gasteiger partial charge in [-0.3, -0.25) is 0 Å². The third kappa shape index (κ3) is 5.48. The first-order chi connectivity index (χ1) is 4.31. The lowest BCUT2D eigenvalue weighted by Crippen LogP contribution is -2.10. The summed E-state index contributed by atoms with van der Waals surface area (Å²) in [6.45, 7) is 3.21. The summed E-state index contributed by atoms with van der Waals surface area (Å²) in [7, 11) is 2.89. The first kappa shape index (κ1) is 8.60. The normalized spacial score (nSPS) is 8.56. The fourth-order valence-electron chi connectivity index (χ4n) is 0.189. The van der Waals surface area contributed by atoms with Crippen LogP contribution < -0.4 is 0 Å². The van der Waals surface area contributed by atoms with Crippen molar-refractivity contribution in [2.75, 3.05) is 6.23 Å².